The molecule has 1 saturated heterocycles. The van der Waals surface area contributed by atoms with Gasteiger partial charge in [-0.25, -0.2) is 12.8 Å². The number of nitrogens with one attached hydrogen (secondary N) is 1. The molecule has 0 saturated carbocycles. The number of halogens is 1. The molecule has 2 rings (SSSR count). The van der Waals surface area contributed by atoms with Crippen LogP contribution in [-0.2, 0) is 14.8 Å². The van der Waals surface area contributed by atoms with Crippen molar-refractivity contribution in [3.05, 3.63) is 29.6 Å². The molecule has 1 heterocycles. The Labute approximate surface area is 122 Å². The van der Waals surface area contributed by atoms with Gasteiger partial charge in [-0.2, -0.15) is 0 Å². The number of ether oxygens (including phenoxy) is 1. The number of morpholine rings is 1. The Balaban J connectivity index is 2.32. The minimum atomic E-state index is -3.56. The molecule has 0 spiro atoms. The first-order valence-corrected chi connectivity index (χ1v) is 8.33. The summed E-state index contributed by atoms with van der Waals surface area (Å²) in [7, 11) is -3.56. The smallest absolute Gasteiger partial charge is 0.256 e. The lowest BCUT2D eigenvalue weighted by Gasteiger charge is -2.31. The maximum atomic E-state index is 13.4. The van der Waals surface area contributed by atoms with E-state index in [1.165, 1.54) is 11.0 Å². The Morgan fingerprint density at radius 1 is 1.48 bits per heavy atom. The maximum Gasteiger partial charge on any atom is 0.256 e. The Morgan fingerprint density at radius 3 is 2.81 bits per heavy atom. The van der Waals surface area contributed by atoms with Crippen LogP contribution in [-0.4, -0.2) is 51.3 Å². The highest BCUT2D eigenvalue weighted by molar-refractivity contribution is 7.92. The number of amides is 1. The summed E-state index contributed by atoms with van der Waals surface area (Å²) >= 11 is 0. The second-order valence-electron chi connectivity index (χ2n) is 5.00. The van der Waals surface area contributed by atoms with Gasteiger partial charge in [-0.05, 0) is 25.1 Å². The largest absolute Gasteiger partial charge is 0.375 e. The Hall–Kier alpha value is -1.67. The molecule has 0 aliphatic carbocycles. The van der Waals surface area contributed by atoms with Crippen LogP contribution in [0.1, 0.15) is 17.3 Å². The van der Waals surface area contributed by atoms with Crippen molar-refractivity contribution >= 4 is 21.6 Å². The third-order valence-corrected chi connectivity index (χ3v) is 3.63. The van der Waals surface area contributed by atoms with E-state index in [1.54, 1.807) is 0 Å². The van der Waals surface area contributed by atoms with Gasteiger partial charge in [0.25, 0.3) is 5.91 Å². The molecule has 0 radical (unpaired) electrons. The minimum Gasteiger partial charge on any atom is -0.375 e. The van der Waals surface area contributed by atoms with E-state index in [1.807, 2.05) is 6.92 Å². The lowest BCUT2D eigenvalue weighted by atomic mass is 10.1. The lowest BCUT2D eigenvalue weighted by molar-refractivity contribution is -0.0123. The van der Waals surface area contributed by atoms with Gasteiger partial charge in [0.15, 0.2) is 0 Å². The number of anilines is 1. The highest BCUT2D eigenvalue weighted by Gasteiger charge is 2.25. The van der Waals surface area contributed by atoms with Gasteiger partial charge >= 0.3 is 0 Å². The van der Waals surface area contributed by atoms with Crippen LogP contribution < -0.4 is 4.72 Å². The summed E-state index contributed by atoms with van der Waals surface area (Å²) in [4.78, 5) is 14.0. The second kappa shape index (κ2) is 5.98. The molecular weight excluding hydrogens is 299 g/mol. The van der Waals surface area contributed by atoms with Gasteiger partial charge in [0.2, 0.25) is 10.0 Å². The molecule has 1 aliphatic rings. The summed E-state index contributed by atoms with van der Waals surface area (Å²) in [5.74, 6) is -1.02. The van der Waals surface area contributed by atoms with Gasteiger partial charge in [0.05, 0.1) is 30.2 Å². The second-order valence-corrected chi connectivity index (χ2v) is 6.75. The van der Waals surface area contributed by atoms with Gasteiger partial charge in [0.1, 0.15) is 5.82 Å². The zero-order chi connectivity index (χ0) is 15.6. The molecule has 1 unspecified atom stereocenters. The predicted octanol–water partition coefficient (Wildman–Crippen LogP) is 1.06. The standard InChI is InChI=1S/C13H17FN2O4S/c1-9-8-16(5-6-20-9)13(17)11-7-10(14)3-4-12(11)15-21(2,18)19/h3-4,7,9,15H,5-6,8H2,1-2H3. The van der Waals surface area contributed by atoms with E-state index in [9.17, 15) is 17.6 Å². The van der Waals surface area contributed by atoms with E-state index in [0.29, 0.717) is 19.7 Å². The maximum absolute atomic E-state index is 13.4. The molecule has 21 heavy (non-hydrogen) atoms. The molecule has 1 fully saturated rings. The van der Waals surface area contributed by atoms with Gasteiger partial charge < -0.3 is 9.64 Å². The third-order valence-electron chi connectivity index (χ3n) is 3.04. The summed E-state index contributed by atoms with van der Waals surface area (Å²) in [6.07, 6.45) is 0.865. The number of nitrogens with zero attached hydrogens (tertiary/aromatic N) is 1. The van der Waals surface area contributed by atoms with Crippen LogP contribution in [0.3, 0.4) is 0 Å². The van der Waals surface area contributed by atoms with Crippen LogP contribution in [0.2, 0.25) is 0 Å². The van der Waals surface area contributed by atoms with E-state index in [-0.39, 0.29) is 17.4 Å². The van der Waals surface area contributed by atoms with E-state index >= 15 is 0 Å². The van der Waals surface area contributed by atoms with Crippen molar-refractivity contribution < 1.29 is 22.3 Å². The van der Waals surface area contributed by atoms with Crippen LogP contribution in [0.25, 0.3) is 0 Å². The number of carbonyl (C=O) groups is 1. The van der Waals surface area contributed by atoms with E-state index < -0.39 is 21.7 Å². The van der Waals surface area contributed by atoms with Gasteiger partial charge in [-0.15, -0.1) is 0 Å². The number of rotatable bonds is 3. The quantitative estimate of drug-likeness (QED) is 0.904. The molecule has 1 aromatic carbocycles. The summed E-state index contributed by atoms with van der Waals surface area (Å²) in [5.41, 5.74) is 0.0672. The van der Waals surface area contributed by atoms with E-state index in [0.717, 1.165) is 18.4 Å². The molecule has 1 amide bonds. The topological polar surface area (TPSA) is 75.7 Å². The lowest BCUT2D eigenvalue weighted by Crippen LogP contribution is -2.44. The van der Waals surface area contributed by atoms with Crippen molar-refractivity contribution in [2.45, 2.75) is 13.0 Å². The Morgan fingerprint density at radius 2 is 2.19 bits per heavy atom. The number of sulfonamides is 1. The first-order valence-electron chi connectivity index (χ1n) is 6.44. The number of carbonyl (C=O) groups excluding carboxylic acids is 1. The summed E-state index contributed by atoms with van der Waals surface area (Å²) in [5, 5.41) is 0. The first kappa shape index (κ1) is 15.7. The molecule has 1 atom stereocenters. The monoisotopic (exact) mass is 316 g/mol. The van der Waals surface area contributed by atoms with Crippen LogP contribution in [0.5, 0.6) is 0 Å². The summed E-state index contributed by atoms with van der Waals surface area (Å²) in [6, 6.07) is 3.38. The summed E-state index contributed by atoms with van der Waals surface area (Å²) in [6.45, 7) is 3.00. The van der Waals surface area contributed by atoms with Crippen molar-refractivity contribution in [3.8, 4) is 0 Å². The van der Waals surface area contributed by atoms with E-state index in [4.69, 9.17) is 4.74 Å². The molecule has 0 aromatic heterocycles. The Bertz CT molecular complexity index is 648. The number of benzene rings is 1. The average molecular weight is 316 g/mol. The third kappa shape index (κ3) is 4.15. The molecule has 1 N–H and O–H groups in total. The van der Waals surface area contributed by atoms with Gasteiger partial charge in [0, 0.05) is 13.1 Å². The molecule has 116 valence electrons. The molecule has 1 aliphatic heterocycles. The highest BCUT2D eigenvalue weighted by atomic mass is 32.2. The molecule has 0 bridgehead atoms. The Kier molecular flexibility index (Phi) is 4.48. The van der Waals surface area contributed by atoms with Gasteiger partial charge in [-0.3, -0.25) is 9.52 Å². The van der Waals surface area contributed by atoms with Crippen LogP contribution in [0, 0.1) is 5.82 Å². The highest BCUT2D eigenvalue weighted by Crippen LogP contribution is 2.21. The minimum absolute atomic E-state index is 0.00507. The normalized spacial score (nSPS) is 19.4. The zero-order valence-corrected chi connectivity index (χ0v) is 12.6. The number of hydrogen-bond acceptors (Lipinski definition) is 4. The first-order chi connectivity index (χ1) is 9.76. The fourth-order valence-electron chi connectivity index (χ4n) is 2.16. The van der Waals surface area contributed by atoms with Crippen molar-refractivity contribution in [2.75, 3.05) is 30.7 Å². The van der Waals surface area contributed by atoms with Crippen molar-refractivity contribution in [1.82, 2.24) is 4.90 Å². The fourth-order valence-corrected chi connectivity index (χ4v) is 2.73. The SMILES string of the molecule is CC1CN(C(=O)c2cc(F)ccc2NS(C)(=O)=O)CCO1. The molecule has 1 aromatic rings. The molecular formula is C13H17FN2O4S. The number of hydrogen-bond donors (Lipinski definition) is 1. The van der Waals surface area contributed by atoms with Crippen molar-refractivity contribution in [2.24, 2.45) is 0 Å². The predicted molar refractivity (Wildman–Crippen MR) is 76.2 cm³/mol. The van der Waals surface area contributed by atoms with E-state index in [2.05, 4.69) is 4.72 Å². The average Bonchev–Trinajstić information content (AvgIpc) is 2.38. The molecule has 8 heteroatoms. The zero-order valence-electron chi connectivity index (χ0n) is 11.8. The fraction of sp³-hybridized carbons (Fsp3) is 0.462. The summed E-state index contributed by atoms with van der Waals surface area (Å²) < 4.78 is 43.7. The van der Waals surface area contributed by atoms with Gasteiger partial charge in [-0.1, -0.05) is 0 Å². The van der Waals surface area contributed by atoms with Crippen LogP contribution >= 0.6 is 0 Å². The van der Waals surface area contributed by atoms with Crippen LogP contribution in [0.15, 0.2) is 18.2 Å². The van der Waals surface area contributed by atoms with Crippen molar-refractivity contribution in [1.29, 1.82) is 0 Å². The van der Waals surface area contributed by atoms with Crippen molar-refractivity contribution in [3.63, 3.8) is 0 Å². The molecule has 6 nitrogen and oxygen atoms in total. The van der Waals surface area contributed by atoms with Crippen LogP contribution in [0.4, 0.5) is 10.1 Å².